The highest BCUT2D eigenvalue weighted by Crippen LogP contribution is 2.12. The van der Waals surface area contributed by atoms with Gasteiger partial charge in [0.15, 0.2) is 0 Å². The van der Waals surface area contributed by atoms with Crippen molar-refractivity contribution in [2.45, 2.75) is 47.0 Å². The van der Waals surface area contributed by atoms with Crippen LogP contribution in [0.15, 0.2) is 0 Å². The predicted molar refractivity (Wildman–Crippen MR) is 54.8 cm³/mol. The fraction of sp³-hybridized carbons (Fsp3) is 0.900. The first-order valence-electron chi connectivity index (χ1n) is 4.07. The molecule has 1 aliphatic rings. The van der Waals surface area contributed by atoms with E-state index < -0.39 is 0 Å². The standard InChI is InChI=1S/C8H16NO.2CH4/c9-8-4-2-1-3-6-10-7-5-8;;/h1-7,9H2;2*1H4. The molecule has 0 aromatic rings. The van der Waals surface area contributed by atoms with Crippen molar-refractivity contribution in [3.63, 3.8) is 0 Å². The molecule has 2 heteroatoms. The van der Waals surface area contributed by atoms with Crippen LogP contribution in [0.2, 0.25) is 0 Å². The molecule has 0 spiro atoms. The molecule has 0 unspecified atom stereocenters. The van der Waals surface area contributed by atoms with Gasteiger partial charge in [0.25, 0.3) is 0 Å². The summed E-state index contributed by atoms with van der Waals surface area (Å²) in [5, 5.41) is 0. The summed E-state index contributed by atoms with van der Waals surface area (Å²) in [6.45, 7) is 1.75. The molecule has 0 aromatic carbocycles. The Kier molecular flexibility index (Phi) is 10.8. The minimum atomic E-state index is 0. The van der Waals surface area contributed by atoms with Crippen molar-refractivity contribution in [2.24, 2.45) is 5.73 Å². The van der Waals surface area contributed by atoms with Crippen molar-refractivity contribution in [3.8, 4) is 0 Å². The zero-order valence-electron chi connectivity index (χ0n) is 6.44. The van der Waals surface area contributed by atoms with E-state index in [1.807, 2.05) is 0 Å². The Hall–Kier alpha value is -0.0800. The van der Waals surface area contributed by atoms with E-state index >= 15 is 0 Å². The second-order valence-electron chi connectivity index (χ2n) is 2.83. The van der Waals surface area contributed by atoms with Crippen LogP contribution in [0.1, 0.15) is 47.0 Å². The van der Waals surface area contributed by atoms with Gasteiger partial charge in [-0.1, -0.05) is 27.7 Å². The molecule has 1 aliphatic heterocycles. The fourth-order valence-electron chi connectivity index (χ4n) is 1.16. The molecule has 1 heterocycles. The summed E-state index contributed by atoms with van der Waals surface area (Å²) < 4.78 is 5.32. The minimum Gasteiger partial charge on any atom is -0.381 e. The van der Waals surface area contributed by atoms with Gasteiger partial charge < -0.3 is 10.5 Å². The molecule has 0 saturated carbocycles. The zero-order valence-corrected chi connectivity index (χ0v) is 6.44. The number of nitrogens with two attached hydrogens (primary N) is 1. The molecule has 1 radical (unpaired) electrons. The smallest absolute Gasteiger partial charge is 0.0484 e. The summed E-state index contributed by atoms with van der Waals surface area (Å²) in [4.78, 5) is 0. The number of ether oxygens (including phenoxy) is 1. The topological polar surface area (TPSA) is 35.2 Å². The van der Waals surface area contributed by atoms with Crippen LogP contribution in [0.3, 0.4) is 0 Å². The van der Waals surface area contributed by atoms with Crippen molar-refractivity contribution in [1.82, 2.24) is 0 Å². The van der Waals surface area contributed by atoms with Gasteiger partial charge in [-0.2, -0.15) is 0 Å². The average molecular weight is 174 g/mol. The molecular weight excluding hydrogens is 150 g/mol. The third kappa shape index (κ3) is 6.62. The van der Waals surface area contributed by atoms with Gasteiger partial charge in [0, 0.05) is 19.3 Å². The maximum atomic E-state index is 5.71. The van der Waals surface area contributed by atoms with E-state index in [-0.39, 0.29) is 14.9 Å². The second kappa shape index (κ2) is 9.01. The zero-order chi connectivity index (χ0) is 7.23. The molecule has 2 N–H and O–H groups in total. The second-order valence-corrected chi connectivity index (χ2v) is 2.83. The van der Waals surface area contributed by atoms with E-state index in [0.717, 1.165) is 32.1 Å². The summed E-state index contributed by atoms with van der Waals surface area (Å²) in [5.41, 5.74) is 5.71. The largest absolute Gasteiger partial charge is 0.381 e. The minimum absolute atomic E-state index is 0. The van der Waals surface area contributed by atoms with Crippen LogP contribution in [0.4, 0.5) is 0 Å². The lowest BCUT2D eigenvalue weighted by Gasteiger charge is -2.06. The summed E-state index contributed by atoms with van der Waals surface area (Å²) in [5.74, 6) is 0. The number of hydrogen-bond acceptors (Lipinski definition) is 2. The highest BCUT2D eigenvalue weighted by atomic mass is 16.5. The highest BCUT2D eigenvalue weighted by Gasteiger charge is 2.05. The Morgan fingerprint density at radius 3 is 2.42 bits per heavy atom. The Morgan fingerprint density at radius 2 is 1.67 bits per heavy atom. The van der Waals surface area contributed by atoms with E-state index in [4.69, 9.17) is 10.5 Å². The van der Waals surface area contributed by atoms with Crippen molar-refractivity contribution >= 4 is 0 Å². The van der Waals surface area contributed by atoms with E-state index in [9.17, 15) is 0 Å². The highest BCUT2D eigenvalue weighted by molar-refractivity contribution is 4.81. The Bertz CT molecular complexity index is 75.9. The Labute approximate surface area is 77.5 Å². The lowest BCUT2D eigenvalue weighted by Crippen LogP contribution is -2.11. The monoisotopic (exact) mass is 174 g/mol. The van der Waals surface area contributed by atoms with E-state index in [1.54, 1.807) is 0 Å². The molecule has 0 aromatic heterocycles. The van der Waals surface area contributed by atoms with Gasteiger partial charge in [-0.3, -0.25) is 0 Å². The van der Waals surface area contributed by atoms with Crippen LogP contribution in [0.5, 0.6) is 0 Å². The number of hydrogen-bond donors (Lipinski definition) is 1. The average Bonchev–Trinajstić information content (AvgIpc) is 2.02. The summed E-state index contributed by atoms with van der Waals surface area (Å²) in [6.07, 6.45) is 5.77. The molecule has 75 valence electrons. The number of rotatable bonds is 0. The van der Waals surface area contributed by atoms with Gasteiger partial charge in [0.05, 0.1) is 0 Å². The third-order valence-electron chi connectivity index (χ3n) is 1.85. The predicted octanol–water partition coefficient (Wildman–Crippen LogP) is 2.73. The van der Waals surface area contributed by atoms with Crippen molar-refractivity contribution < 1.29 is 4.74 Å². The van der Waals surface area contributed by atoms with E-state index in [0.29, 0.717) is 0 Å². The van der Waals surface area contributed by atoms with Gasteiger partial charge >= 0.3 is 0 Å². The SMILES string of the molecule is C.C.N[C]1CCCCCOCC1. The normalized spacial score (nSPS) is 20.8. The van der Waals surface area contributed by atoms with Crippen LogP contribution >= 0.6 is 0 Å². The first-order valence-corrected chi connectivity index (χ1v) is 4.07. The van der Waals surface area contributed by atoms with E-state index in [2.05, 4.69) is 0 Å². The van der Waals surface area contributed by atoms with Crippen LogP contribution in [0, 0.1) is 6.04 Å². The molecule has 0 amide bonds. The first kappa shape index (κ1) is 14.4. The van der Waals surface area contributed by atoms with Crippen LogP contribution < -0.4 is 5.73 Å². The molecule has 0 aliphatic carbocycles. The summed E-state index contributed by atoms with van der Waals surface area (Å²) >= 11 is 0. The molecule has 1 saturated heterocycles. The van der Waals surface area contributed by atoms with Gasteiger partial charge in [0.2, 0.25) is 0 Å². The van der Waals surface area contributed by atoms with Gasteiger partial charge in [-0.15, -0.1) is 0 Å². The molecule has 2 nitrogen and oxygen atoms in total. The summed E-state index contributed by atoms with van der Waals surface area (Å²) in [6, 6.07) is 1.11. The molecule has 0 atom stereocenters. The molecular formula is C10H24NO. The summed E-state index contributed by atoms with van der Waals surface area (Å²) in [7, 11) is 0. The molecule has 0 bridgehead atoms. The maximum absolute atomic E-state index is 5.71. The fourth-order valence-corrected chi connectivity index (χ4v) is 1.16. The lowest BCUT2D eigenvalue weighted by atomic mass is 10.1. The first-order chi connectivity index (χ1) is 4.89. The van der Waals surface area contributed by atoms with Crippen LogP contribution in [-0.2, 0) is 4.74 Å². The van der Waals surface area contributed by atoms with Gasteiger partial charge in [-0.25, -0.2) is 0 Å². The van der Waals surface area contributed by atoms with Gasteiger partial charge in [0.1, 0.15) is 0 Å². The van der Waals surface area contributed by atoms with Crippen LogP contribution in [0.25, 0.3) is 0 Å². The van der Waals surface area contributed by atoms with Crippen molar-refractivity contribution in [2.75, 3.05) is 13.2 Å². The third-order valence-corrected chi connectivity index (χ3v) is 1.85. The Balaban J connectivity index is 0. The molecule has 1 fully saturated rings. The molecule has 12 heavy (non-hydrogen) atoms. The van der Waals surface area contributed by atoms with E-state index in [1.165, 1.54) is 19.3 Å². The molecule has 1 rings (SSSR count). The lowest BCUT2D eigenvalue weighted by molar-refractivity contribution is 0.133. The van der Waals surface area contributed by atoms with Crippen molar-refractivity contribution in [3.05, 3.63) is 6.04 Å². The quantitative estimate of drug-likeness (QED) is 0.613. The Morgan fingerprint density at radius 1 is 0.917 bits per heavy atom. The van der Waals surface area contributed by atoms with Crippen molar-refractivity contribution in [1.29, 1.82) is 0 Å². The maximum Gasteiger partial charge on any atom is 0.0484 e. The van der Waals surface area contributed by atoms with Crippen LogP contribution in [-0.4, -0.2) is 13.2 Å². The van der Waals surface area contributed by atoms with Gasteiger partial charge in [-0.05, 0) is 19.3 Å².